The number of aromatic nitrogens is 6. The average molecular weight is 403 g/mol. The van der Waals surface area contributed by atoms with Gasteiger partial charge in [-0.05, 0) is 36.8 Å². The zero-order valence-electron chi connectivity index (χ0n) is 15.6. The van der Waals surface area contributed by atoms with Crippen molar-refractivity contribution in [1.29, 1.82) is 0 Å². The Balaban J connectivity index is 1.63. The molecule has 0 radical (unpaired) electrons. The molecule has 29 heavy (non-hydrogen) atoms. The summed E-state index contributed by atoms with van der Waals surface area (Å²) in [6.07, 6.45) is 6.58. The first kappa shape index (κ1) is 18.8. The van der Waals surface area contributed by atoms with Gasteiger partial charge in [-0.3, -0.25) is 19.7 Å². The predicted octanol–water partition coefficient (Wildman–Crippen LogP) is 3.16. The third-order valence-electron chi connectivity index (χ3n) is 4.08. The van der Waals surface area contributed by atoms with E-state index in [0.717, 1.165) is 16.8 Å². The van der Waals surface area contributed by atoms with Crippen molar-refractivity contribution in [1.82, 2.24) is 29.7 Å². The third kappa shape index (κ3) is 4.30. The van der Waals surface area contributed by atoms with Crippen molar-refractivity contribution in [3.8, 4) is 17.1 Å². The Kier molecular flexibility index (Phi) is 5.57. The Morgan fingerprint density at radius 3 is 2.52 bits per heavy atom. The number of nitrogens with one attached hydrogen (secondary N) is 1. The molecule has 8 nitrogen and oxygen atoms in total. The van der Waals surface area contributed by atoms with Crippen molar-refractivity contribution >= 4 is 23.6 Å². The highest BCUT2D eigenvalue weighted by Gasteiger charge is 2.18. The topological polar surface area (TPSA) is 98.5 Å². The molecule has 1 N–H and O–H groups in total. The van der Waals surface area contributed by atoms with Gasteiger partial charge in [0.2, 0.25) is 11.9 Å². The van der Waals surface area contributed by atoms with E-state index in [1.54, 1.807) is 30.9 Å². The van der Waals surface area contributed by atoms with Crippen molar-refractivity contribution in [3.05, 3.63) is 72.8 Å². The fraction of sp³-hybridized carbons (Fsp3) is 0.100. The van der Waals surface area contributed by atoms with E-state index in [4.69, 9.17) is 0 Å². The lowest BCUT2D eigenvalue weighted by molar-refractivity contribution is -0.113. The van der Waals surface area contributed by atoms with Gasteiger partial charge in [0.05, 0.1) is 11.4 Å². The van der Waals surface area contributed by atoms with Crippen LogP contribution < -0.4 is 5.32 Å². The van der Waals surface area contributed by atoms with Crippen molar-refractivity contribution < 1.29 is 4.79 Å². The number of carbonyl (C=O) groups is 1. The highest BCUT2D eigenvalue weighted by atomic mass is 32.2. The van der Waals surface area contributed by atoms with Crippen LogP contribution in [-0.4, -0.2) is 41.4 Å². The molecular weight excluding hydrogens is 386 g/mol. The number of nitrogens with zero attached hydrogens (tertiary/aromatic N) is 6. The number of aryl methyl sites for hydroxylation is 1. The van der Waals surface area contributed by atoms with Gasteiger partial charge in [0.15, 0.2) is 11.0 Å². The van der Waals surface area contributed by atoms with Gasteiger partial charge < -0.3 is 0 Å². The van der Waals surface area contributed by atoms with E-state index in [9.17, 15) is 4.79 Å². The highest BCUT2D eigenvalue weighted by Crippen LogP contribution is 2.29. The summed E-state index contributed by atoms with van der Waals surface area (Å²) in [7, 11) is 0. The minimum atomic E-state index is -0.217. The summed E-state index contributed by atoms with van der Waals surface area (Å²) in [4.78, 5) is 24.4. The maximum atomic E-state index is 12.3. The first-order valence-electron chi connectivity index (χ1n) is 8.84. The molecule has 0 saturated carbocycles. The minimum Gasteiger partial charge on any atom is -0.294 e. The first-order chi connectivity index (χ1) is 14.2. The summed E-state index contributed by atoms with van der Waals surface area (Å²) in [6.45, 7) is 2.03. The SMILES string of the molecule is Cc1ccccc1-n1c(SCC(=O)Nc2ncccn2)nnc1-c1ccncc1. The van der Waals surface area contributed by atoms with Gasteiger partial charge in [0, 0.05) is 30.4 Å². The minimum absolute atomic E-state index is 0.151. The summed E-state index contributed by atoms with van der Waals surface area (Å²) in [5, 5.41) is 12.0. The Hall–Kier alpha value is -3.59. The molecule has 4 rings (SSSR count). The molecule has 1 aromatic carbocycles. The quantitative estimate of drug-likeness (QED) is 0.494. The zero-order chi connectivity index (χ0) is 20.1. The van der Waals surface area contributed by atoms with E-state index in [-0.39, 0.29) is 17.6 Å². The lowest BCUT2D eigenvalue weighted by atomic mass is 10.2. The van der Waals surface area contributed by atoms with E-state index in [1.807, 2.05) is 47.9 Å². The fourth-order valence-electron chi connectivity index (χ4n) is 2.74. The van der Waals surface area contributed by atoms with E-state index < -0.39 is 0 Å². The molecule has 0 fully saturated rings. The molecule has 0 spiro atoms. The number of benzene rings is 1. The molecule has 0 saturated heterocycles. The van der Waals surface area contributed by atoms with Gasteiger partial charge in [0.25, 0.3) is 0 Å². The second kappa shape index (κ2) is 8.61. The van der Waals surface area contributed by atoms with Crippen molar-refractivity contribution in [2.24, 2.45) is 0 Å². The van der Waals surface area contributed by atoms with Gasteiger partial charge >= 0.3 is 0 Å². The molecule has 0 aliphatic carbocycles. The van der Waals surface area contributed by atoms with E-state index in [1.165, 1.54) is 11.8 Å². The van der Waals surface area contributed by atoms with Crippen molar-refractivity contribution in [2.75, 3.05) is 11.1 Å². The largest absolute Gasteiger partial charge is 0.294 e. The molecule has 0 bridgehead atoms. The maximum Gasteiger partial charge on any atom is 0.237 e. The summed E-state index contributed by atoms with van der Waals surface area (Å²) in [5.41, 5.74) is 2.93. The monoisotopic (exact) mass is 403 g/mol. The molecule has 0 unspecified atom stereocenters. The molecule has 3 aromatic heterocycles. The standard InChI is InChI=1S/C20H17N7OS/c1-14-5-2-3-6-16(14)27-18(15-7-11-21-12-8-15)25-26-20(27)29-13-17(28)24-19-22-9-4-10-23-19/h2-12H,13H2,1H3,(H,22,23,24,28). The van der Waals surface area contributed by atoms with Gasteiger partial charge in [-0.1, -0.05) is 30.0 Å². The number of hydrogen-bond acceptors (Lipinski definition) is 7. The van der Waals surface area contributed by atoms with Gasteiger partial charge in [-0.15, -0.1) is 10.2 Å². The first-order valence-corrected chi connectivity index (χ1v) is 9.82. The number of thioether (sulfide) groups is 1. The predicted molar refractivity (Wildman–Crippen MR) is 111 cm³/mol. The van der Waals surface area contributed by atoms with E-state index in [2.05, 4.69) is 30.5 Å². The number of anilines is 1. The van der Waals surface area contributed by atoms with Crippen LogP contribution in [0.4, 0.5) is 5.95 Å². The Labute approximate surface area is 171 Å². The molecule has 3 heterocycles. The van der Waals surface area contributed by atoms with Gasteiger partial charge in [0.1, 0.15) is 0 Å². The van der Waals surface area contributed by atoms with Crippen molar-refractivity contribution in [2.45, 2.75) is 12.1 Å². The maximum absolute atomic E-state index is 12.3. The van der Waals surface area contributed by atoms with Crippen LogP contribution in [0.3, 0.4) is 0 Å². The molecule has 0 atom stereocenters. The number of pyridine rings is 1. The Morgan fingerprint density at radius 2 is 1.76 bits per heavy atom. The smallest absolute Gasteiger partial charge is 0.237 e. The van der Waals surface area contributed by atoms with Crippen LogP contribution in [0.1, 0.15) is 5.56 Å². The Morgan fingerprint density at radius 1 is 1.00 bits per heavy atom. The second-order valence-corrected chi connectivity index (χ2v) is 7.02. The molecule has 0 aliphatic heterocycles. The van der Waals surface area contributed by atoms with E-state index >= 15 is 0 Å². The molecule has 9 heteroatoms. The lowest BCUT2D eigenvalue weighted by Crippen LogP contribution is -2.16. The summed E-state index contributed by atoms with van der Waals surface area (Å²) in [5.74, 6) is 0.899. The third-order valence-corrected chi connectivity index (χ3v) is 5.01. The van der Waals surface area contributed by atoms with Crippen LogP contribution in [0.15, 0.2) is 72.4 Å². The highest BCUT2D eigenvalue weighted by molar-refractivity contribution is 7.99. The summed E-state index contributed by atoms with van der Waals surface area (Å²) >= 11 is 1.30. The van der Waals surface area contributed by atoms with Crippen LogP contribution >= 0.6 is 11.8 Å². The number of rotatable bonds is 6. The molecule has 1 amide bonds. The number of hydrogen-bond donors (Lipinski definition) is 1. The van der Waals surface area contributed by atoms with Crippen LogP contribution in [0.2, 0.25) is 0 Å². The number of carbonyl (C=O) groups excluding carboxylic acids is 1. The Bertz CT molecular complexity index is 1120. The molecule has 144 valence electrons. The van der Waals surface area contributed by atoms with Crippen LogP contribution in [0.25, 0.3) is 17.1 Å². The van der Waals surface area contributed by atoms with Crippen molar-refractivity contribution in [3.63, 3.8) is 0 Å². The summed E-state index contributed by atoms with van der Waals surface area (Å²) in [6, 6.07) is 13.4. The lowest BCUT2D eigenvalue weighted by Gasteiger charge is -2.12. The molecule has 4 aromatic rings. The molecular formula is C20H17N7OS. The fourth-order valence-corrected chi connectivity index (χ4v) is 3.48. The van der Waals surface area contributed by atoms with E-state index in [0.29, 0.717) is 11.0 Å². The average Bonchev–Trinajstić information content (AvgIpc) is 3.18. The second-order valence-electron chi connectivity index (χ2n) is 6.07. The summed E-state index contributed by atoms with van der Waals surface area (Å²) < 4.78 is 1.96. The number of amides is 1. The van der Waals surface area contributed by atoms with Gasteiger partial charge in [-0.2, -0.15) is 0 Å². The zero-order valence-corrected chi connectivity index (χ0v) is 16.4. The van der Waals surface area contributed by atoms with Crippen LogP contribution in [-0.2, 0) is 4.79 Å². The molecule has 0 aliphatic rings. The number of para-hydroxylation sites is 1. The normalized spacial score (nSPS) is 10.7. The van der Waals surface area contributed by atoms with Crippen LogP contribution in [0, 0.1) is 6.92 Å². The van der Waals surface area contributed by atoms with Gasteiger partial charge in [-0.25, -0.2) is 9.97 Å². The van der Waals surface area contributed by atoms with Crippen LogP contribution in [0.5, 0.6) is 0 Å².